The van der Waals surface area contributed by atoms with E-state index in [-0.39, 0.29) is 0 Å². The monoisotopic (exact) mass is 353 g/mol. The first-order chi connectivity index (χ1) is 9.60. The standard InChI is InChI=1S/C16H17BrClNO/c1-3-19-10-12-4-5-13(18)9-16(12)20-14-6-7-15(17)11(2)8-14/h4-9,19H,3,10H2,1-2H3. The predicted molar refractivity (Wildman–Crippen MR) is 87.8 cm³/mol. The molecule has 0 spiro atoms. The SMILES string of the molecule is CCNCc1ccc(Cl)cc1Oc1ccc(Br)c(C)c1. The topological polar surface area (TPSA) is 21.3 Å². The first-order valence-electron chi connectivity index (χ1n) is 6.53. The molecule has 2 aromatic rings. The fourth-order valence-electron chi connectivity index (χ4n) is 1.84. The van der Waals surface area contributed by atoms with Gasteiger partial charge in [0.25, 0.3) is 0 Å². The second-order valence-corrected chi connectivity index (χ2v) is 5.84. The Bertz CT molecular complexity index is 601. The quantitative estimate of drug-likeness (QED) is 0.785. The van der Waals surface area contributed by atoms with Gasteiger partial charge in [0.1, 0.15) is 11.5 Å². The molecule has 0 fully saturated rings. The normalized spacial score (nSPS) is 10.6. The van der Waals surface area contributed by atoms with Crippen LogP contribution in [0.1, 0.15) is 18.1 Å². The van der Waals surface area contributed by atoms with E-state index in [0.29, 0.717) is 5.02 Å². The minimum Gasteiger partial charge on any atom is -0.457 e. The Labute approximate surface area is 133 Å². The van der Waals surface area contributed by atoms with Crippen molar-refractivity contribution < 1.29 is 4.74 Å². The van der Waals surface area contributed by atoms with Crippen molar-refractivity contribution in [2.75, 3.05) is 6.54 Å². The molecule has 2 aromatic carbocycles. The maximum atomic E-state index is 6.07. The molecule has 0 heterocycles. The van der Waals surface area contributed by atoms with E-state index in [1.165, 1.54) is 0 Å². The van der Waals surface area contributed by atoms with Gasteiger partial charge in [-0.05, 0) is 49.4 Å². The summed E-state index contributed by atoms with van der Waals surface area (Å²) in [5.41, 5.74) is 2.23. The summed E-state index contributed by atoms with van der Waals surface area (Å²) in [4.78, 5) is 0. The highest BCUT2D eigenvalue weighted by molar-refractivity contribution is 9.10. The molecule has 4 heteroatoms. The number of halogens is 2. The third-order valence-electron chi connectivity index (χ3n) is 2.95. The van der Waals surface area contributed by atoms with E-state index in [2.05, 4.69) is 28.2 Å². The van der Waals surface area contributed by atoms with Gasteiger partial charge in [0, 0.05) is 21.6 Å². The van der Waals surface area contributed by atoms with Crippen LogP contribution < -0.4 is 10.1 Å². The smallest absolute Gasteiger partial charge is 0.133 e. The second-order valence-electron chi connectivity index (χ2n) is 4.55. The van der Waals surface area contributed by atoms with Crippen molar-refractivity contribution in [3.63, 3.8) is 0 Å². The summed E-state index contributed by atoms with van der Waals surface area (Å²) in [5, 5.41) is 3.98. The molecule has 2 nitrogen and oxygen atoms in total. The van der Waals surface area contributed by atoms with Crippen LogP contribution in [0, 0.1) is 6.92 Å². The van der Waals surface area contributed by atoms with Crippen LogP contribution in [0.3, 0.4) is 0 Å². The maximum Gasteiger partial charge on any atom is 0.133 e. The van der Waals surface area contributed by atoms with Gasteiger partial charge in [-0.1, -0.05) is 40.5 Å². The van der Waals surface area contributed by atoms with Gasteiger partial charge in [0.05, 0.1) is 0 Å². The Balaban J connectivity index is 2.26. The van der Waals surface area contributed by atoms with Crippen LogP contribution in [0.15, 0.2) is 40.9 Å². The number of hydrogen-bond donors (Lipinski definition) is 1. The molecule has 1 N–H and O–H groups in total. The van der Waals surface area contributed by atoms with Crippen LogP contribution in [0.2, 0.25) is 5.02 Å². The number of aryl methyl sites for hydroxylation is 1. The number of ether oxygens (including phenoxy) is 1. The van der Waals surface area contributed by atoms with Crippen molar-refractivity contribution in [1.82, 2.24) is 5.32 Å². The molecule has 0 saturated heterocycles. The van der Waals surface area contributed by atoms with Crippen molar-refractivity contribution in [2.45, 2.75) is 20.4 Å². The summed E-state index contributed by atoms with van der Waals surface area (Å²) >= 11 is 9.55. The lowest BCUT2D eigenvalue weighted by Crippen LogP contribution is -2.12. The Kier molecular flexibility index (Phi) is 5.46. The third kappa shape index (κ3) is 3.98. The first kappa shape index (κ1) is 15.4. The van der Waals surface area contributed by atoms with Gasteiger partial charge in [0.2, 0.25) is 0 Å². The minimum absolute atomic E-state index is 0.675. The van der Waals surface area contributed by atoms with Crippen LogP contribution in [0.5, 0.6) is 11.5 Å². The molecule has 0 saturated carbocycles. The lowest BCUT2D eigenvalue weighted by Gasteiger charge is -2.13. The molecular weight excluding hydrogens is 338 g/mol. The number of rotatable bonds is 5. The van der Waals surface area contributed by atoms with Gasteiger partial charge in [0.15, 0.2) is 0 Å². The highest BCUT2D eigenvalue weighted by Crippen LogP contribution is 2.30. The largest absolute Gasteiger partial charge is 0.457 e. The molecule has 0 aliphatic heterocycles. The van der Waals surface area contributed by atoms with Gasteiger partial charge < -0.3 is 10.1 Å². The van der Waals surface area contributed by atoms with E-state index < -0.39 is 0 Å². The van der Waals surface area contributed by atoms with Crippen molar-refractivity contribution in [3.8, 4) is 11.5 Å². The number of hydrogen-bond acceptors (Lipinski definition) is 2. The van der Waals surface area contributed by atoms with Gasteiger partial charge in [-0.15, -0.1) is 0 Å². The van der Waals surface area contributed by atoms with Crippen molar-refractivity contribution >= 4 is 27.5 Å². The zero-order valence-corrected chi connectivity index (χ0v) is 13.9. The Morgan fingerprint density at radius 3 is 2.70 bits per heavy atom. The first-order valence-corrected chi connectivity index (χ1v) is 7.70. The number of benzene rings is 2. The van der Waals surface area contributed by atoms with E-state index >= 15 is 0 Å². The van der Waals surface area contributed by atoms with Crippen LogP contribution in [0.4, 0.5) is 0 Å². The average Bonchev–Trinajstić information content (AvgIpc) is 2.42. The van der Waals surface area contributed by atoms with Crippen molar-refractivity contribution in [2.24, 2.45) is 0 Å². The van der Waals surface area contributed by atoms with Gasteiger partial charge >= 0.3 is 0 Å². The van der Waals surface area contributed by atoms with Crippen molar-refractivity contribution in [3.05, 3.63) is 57.0 Å². The van der Waals surface area contributed by atoms with Crippen LogP contribution in [-0.2, 0) is 6.54 Å². The second kappa shape index (κ2) is 7.11. The Morgan fingerprint density at radius 2 is 2.00 bits per heavy atom. The molecule has 0 aliphatic rings. The molecule has 0 bridgehead atoms. The summed E-state index contributed by atoms with van der Waals surface area (Å²) in [6.45, 7) is 5.79. The molecule has 20 heavy (non-hydrogen) atoms. The average molecular weight is 355 g/mol. The molecule has 0 radical (unpaired) electrons. The molecule has 0 unspecified atom stereocenters. The van der Waals surface area contributed by atoms with Gasteiger partial charge in [-0.25, -0.2) is 0 Å². The van der Waals surface area contributed by atoms with E-state index in [1.54, 1.807) is 0 Å². The summed E-state index contributed by atoms with van der Waals surface area (Å²) in [6.07, 6.45) is 0. The van der Waals surface area contributed by atoms with Gasteiger partial charge in [-0.3, -0.25) is 0 Å². The Hall–Kier alpha value is -1.03. The molecule has 0 amide bonds. The highest BCUT2D eigenvalue weighted by atomic mass is 79.9. The summed E-state index contributed by atoms with van der Waals surface area (Å²) in [5.74, 6) is 1.60. The lowest BCUT2D eigenvalue weighted by atomic mass is 10.2. The fraction of sp³-hybridized carbons (Fsp3) is 0.250. The van der Waals surface area contributed by atoms with Gasteiger partial charge in [-0.2, -0.15) is 0 Å². The molecular formula is C16H17BrClNO. The third-order valence-corrected chi connectivity index (χ3v) is 4.08. The van der Waals surface area contributed by atoms with Crippen LogP contribution in [-0.4, -0.2) is 6.54 Å². The summed E-state index contributed by atoms with van der Waals surface area (Å²) < 4.78 is 7.05. The Morgan fingerprint density at radius 1 is 1.20 bits per heavy atom. The molecule has 0 aliphatic carbocycles. The van der Waals surface area contributed by atoms with E-state index in [9.17, 15) is 0 Å². The molecule has 0 aromatic heterocycles. The maximum absolute atomic E-state index is 6.07. The van der Waals surface area contributed by atoms with Crippen molar-refractivity contribution in [1.29, 1.82) is 0 Å². The molecule has 106 valence electrons. The highest BCUT2D eigenvalue weighted by Gasteiger charge is 2.07. The molecule has 0 atom stereocenters. The van der Waals surface area contributed by atoms with E-state index in [0.717, 1.165) is 40.2 Å². The van der Waals surface area contributed by atoms with Crippen LogP contribution >= 0.6 is 27.5 Å². The lowest BCUT2D eigenvalue weighted by molar-refractivity contribution is 0.473. The minimum atomic E-state index is 0.675. The summed E-state index contributed by atoms with van der Waals surface area (Å²) in [7, 11) is 0. The predicted octanol–water partition coefficient (Wildman–Crippen LogP) is 5.31. The zero-order valence-electron chi connectivity index (χ0n) is 11.5. The number of nitrogens with one attached hydrogen (secondary N) is 1. The van der Waals surface area contributed by atoms with E-state index in [4.69, 9.17) is 16.3 Å². The summed E-state index contributed by atoms with van der Waals surface area (Å²) in [6, 6.07) is 11.7. The molecule has 2 rings (SSSR count). The zero-order chi connectivity index (χ0) is 14.5. The fourth-order valence-corrected chi connectivity index (χ4v) is 2.25. The van der Waals surface area contributed by atoms with E-state index in [1.807, 2.05) is 43.3 Å². The van der Waals surface area contributed by atoms with Crippen LogP contribution in [0.25, 0.3) is 0 Å².